The Bertz CT molecular complexity index is 431. The number of aliphatic carboxylic acids is 1. The molecule has 1 rings (SSSR count). The Morgan fingerprint density at radius 2 is 2.00 bits per heavy atom. The van der Waals surface area contributed by atoms with E-state index in [2.05, 4.69) is 0 Å². The highest BCUT2D eigenvalue weighted by molar-refractivity contribution is 5.67. The van der Waals surface area contributed by atoms with Crippen LogP contribution in [0.15, 0.2) is 18.2 Å². The fourth-order valence-corrected chi connectivity index (χ4v) is 1.91. The summed E-state index contributed by atoms with van der Waals surface area (Å²) in [5.41, 5.74) is 0.975. The van der Waals surface area contributed by atoms with Crippen molar-refractivity contribution in [3.05, 3.63) is 23.8 Å². The lowest BCUT2D eigenvalue weighted by atomic mass is 10.0. The number of carbonyl (C=O) groups is 1. The summed E-state index contributed by atoms with van der Waals surface area (Å²) in [4.78, 5) is 12.8. The number of methoxy groups -OCH3 is 2. The molecule has 0 fully saturated rings. The number of likely N-dealkylation sites (N-methyl/N-ethyl adjacent to an activating group) is 1. The topological polar surface area (TPSA) is 59.0 Å². The predicted molar refractivity (Wildman–Crippen MR) is 73.0 cm³/mol. The molecule has 0 aromatic heterocycles. The smallest absolute Gasteiger partial charge is 0.304 e. The molecule has 5 nitrogen and oxygen atoms in total. The normalized spacial score (nSPS) is 12.3. The Kier molecular flexibility index (Phi) is 5.63. The lowest BCUT2D eigenvalue weighted by Crippen LogP contribution is -2.32. The van der Waals surface area contributed by atoms with Gasteiger partial charge in [0.25, 0.3) is 0 Å². The first kappa shape index (κ1) is 15.3. The Morgan fingerprint density at radius 1 is 1.32 bits per heavy atom. The van der Waals surface area contributed by atoms with Crippen LogP contribution in [0.25, 0.3) is 0 Å². The van der Waals surface area contributed by atoms with E-state index in [0.29, 0.717) is 6.42 Å². The lowest BCUT2D eigenvalue weighted by Gasteiger charge is -2.23. The molecule has 0 amide bonds. The van der Waals surface area contributed by atoms with E-state index in [1.807, 2.05) is 37.2 Å². The van der Waals surface area contributed by atoms with Gasteiger partial charge in [-0.25, -0.2) is 0 Å². The van der Waals surface area contributed by atoms with Crippen LogP contribution in [0.4, 0.5) is 0 Å². The van der Waals surface area contributed by atoms with E-state index in [4.69, 9.17) is 14.6 Å². The largest absolute Gasteiger partial charge is 0.497 e. The van der Waals surface area contributed by atoms with Crippen LogP contribution in [0.3, 0.4) is 0 Å². The van der Waals surface area contributed by atoms with E-state index in [0.717, 1.165) is 17.1 Å². The first-order valence-electron chi connectivity index (χ1n) is 6.07. The fraction of sp³-hybridized carbons (Fsp3) is 0.500. The number of rotatable bonds is 7. The van der Waals surface area contributed by atoms with Gasteiger partial charge in [0, 0.05) is 12.1 Å². The van der Waals surface area contributed by atoms with Crippen LogP contribution in [0, 0.1) is 0 Å². The molecular weight excluding hydrogens is 246 g/mol. The van der Waals surface area contributed by atoms with Crippen LogP contribution in [0.5, 0.6) is 11.5 Å². The van der Waals surface area contributed by atoms with Gasteiger partial charge in [-0.15, -0.1) is 0 Å². The summed E-state index contributed by atoms with van der Waals surface area (Å²) in [5, 5.41) is 8.94. The number of benzene rings is 1. The molecule has 1 aromatic rings. The van der Waals surface area contributed by atoms with Crippen LogP contribution in [0.2, 0.25) is 0 Å². The predicted octanol–water partition coefficient (Wildman–Crippen LogP) is 1.65. The molecule has 1 aromatic carbocycles. The maximum atomic E-state index is 10.9. The molecule has 0 bridgehead atoms. The highest BCUT2D eigenvalue weighted by Crippen LogP contribution is 2.26. The van der Waals surface area contributed by atoms with E-state index in [-0.39, 0.29) is 12.5 Å². The van der Waals surface area contributed by atoms with E-state index in [9.17, 15) is 4.79 Å². The van der Waals surface area contributed by atoms with Crippen molar-refractivity contribution in [3.8, 4) is 11.5 Å². The van der Waals surface area contributed by atoms with E-state index >= 15 is 0 Å². The quantitative estimate of drug-likeness (QED) is 0.814. The maximum Gasteiger partial charge on any atom is 0.304 e. The molecule has 0 aliphatic rings. The van der Waals surface area contributed by atoms with Crippen molar-refractivity contribution in [2.75, 3.05) is 28.3 Å². The summed E-state index contributed by atoms with van der Waals surface area (Å²) in [5.74, 6) is 0.642. The minimum atomic E-state index is -0.800. The molecule has 19 heavy (non-hydrogen) atoms. The van der Waals surface area contributed by atoms with Crippen molar-refractivity contribution in [1.29, 1.82) is 0 Å². The second-order valence-corrected chi connectivity index (χ2v) is 4.60. The van der Waals surface area contributed by atoms with Crippen molar-refractivity contribution in [2.24, 2.45) is 0 Å². The lowest BCUT2D eigenvalue weighted by molar-refractivity contribution is -0.138. The first-order valence-corrected chi connectivity index (χ1v) is 6.07. The van der Waals surface area contributed by atoms with Crippen LogP contribution < -0.4 is 9.47 Å². The Morgan fingerprint density at radius 3 is 2.47 bits per heavy atom. The number of hydrogen-bond donors (Lipinski definition) is 1. The van der Waals surface area contributed by atoms with Crippen molar-refractivity contribution in [3.63, 3.8) is 0 Å². The van der Waals surface area contributed by atoms with Crippen molar-refractivity contribution in [2.45, 2.75) is 18.9 Å². The van der Waals surface area contributed by atoms with Gasteiger partial charge >= 0.3 is 5.97 Å². The summed E-state index contributed by atoms with van der Waals surface area (Å²) in [7, 11) is 6.95. The average Bonchev–Trinajstić information content (AvgIpc) is 2.37. The third kappa shape index (κ3) is 4.44. The molecule has 0 aliphatic heterocycles. The van der Waals surface area contributed by atoms with E-state index in [1.54, 1.807) is 14.2 Å². The second kappa shape index (κ2) is 6.99. The first-order chi connectivity index (χ1) is 8.97. The molecular formula is C14H21NO4. The maximum absolute atomic E-state index is 10.9. The zero-order chi connectivity index (χ0) is 14.4. The van der Waals surface area contributed by atoms with Crippen molar-refractivity contribution >= 4 is 5.97 Å². The Balaban J connectivity index is 2.92. The van der Waals surface area contributed by atoms with Gasteiger partial charge in [0.1, 0.15) is 11.5 Å². The summed E-state index contributed by atoms with van der Waals surface area (Å²) in [6.07, 6.45) is 0.717. The van der Waals surface area contributed by atoms with Crippen LogP contribution in [0.1, 0.15) is 12.0 Å². The fourth-order valence-electron chi connectivity index (χ4n) is 1.91. The van der Waals surface area contributed by atoms with Crippen molar-refractivity contribution in [1.82, 2.24) is 4.90 Å². The van der Waals surface area contributed by atoms with Gasteiger partial charge < -0.3 is 19.5 Å². The van der Waals surface area contributed by atoms with Gasteiger partial charge in [0.2, 0.25) is 0 Å². The summed E-state index contributed by atoms with van der Waals surface area (Å²) in [6, 6.07) is 5.50. The molecule has 1 atom stereocenters. The number of hydrogen-bond acceptors (Lipinski definition) is 4. The zero-order valence-electron chi connectivity index (χ0n) is 11.8. The SMILES string of the molecule is COc1ccc(CC(CC(=O)O)N(C)C)c(OC)c1. The number of ether oxygens (including phenoxy) is 2. The third-order valence-electron chi connectivity index (χ3n) is 3.09. The molecule has 0 saturated carbocycles. The molecule has 0 radical (unpaired) electrons. The molecule has 106 valence electrons. The minimum absolute atomic E-state index is 0.0696. The molecule has 0 heterocycles. The van der Waals surface area contributed by atoms with Gasteiger partial charge in [0.15, 0.2) is 0 Å². The number of nitrogens with zero attached hydrogens (tertiary/aromatic N) is 1. The Labute approximate surface area is 113 Å². The summed E-state index contributed by atoms with van der Waals surface area (Å²) in [6.45, 7) is 0. The second-order valence-electron chi connectivity index (χ2n) is 4.60. The van der Waals surface area contributed by atoms with Crippen LogP contribution >= 0.6 is 0 Å². The minimum Gasteiger partial charge on any atom is -0.497 e. The van der Waals surface area contributed by atoms with Crippen LogP contribution in [-0.2, 0) is 11.2 Å². The molecule has 0 saturated heterocycles. The molecule has 1 N–H and O–H groups in total. The van der Waals surface area contributed by atoms with Gasteiger partial charge in [-0.3, -0.25) is 4.79 Å². The van der Waals surface area contributed by atoms with E-state index < -0.39 is 5.97 Å². The summed E-state index contributed by atoms with van der Waals surface area (Å²) < 4.78 is 10.5. The van der Waals surface area contributed by atoms with Crippen molar-refractivity contribution < 1.29 is 19.4 Å². The average molecular weight is 267 g/mol. The number of carboxylic acids is 1. The van der Waals surface area contributed by atoms with Gasteiger partial charge in [-0.2, -0.15) is 0 Å². The highest BCUT2D eigenvalue weighted by Gasteiger charge is 2.18. The highest BCUT2D eigenvalue weighted by atomic mass is 16.5. The van der Waals surface area contributed by atoms with Gasteiger partial charge in [0.05, 0.1) is 20.6 Å². The van der Waals surface area contributed by atoms with E-state index in [1.165, 1.54) is 0 Å². The molecule has 0 aliphatic carbocycles. The standard InChI is InChI=1S/C14H21NO4/c1-15(2)11(8-14(16)17)7-10-5-6-12(18-3)9-13(10)19-4/h5-6,9,11H,7-8H2,1-4H3,(H,16,17). The molecule has 0 spiro atoms. The monoisotopic (exact) mass is 267 g/mol. The molecule has 1 unspecified atom stereocenters. The van der Waals surface area contributed by atoms with Gasteiger partial charge in [-0.1, -0.05) is 6.07 Å². The summed E-state index contributed by atoms with van der Waals surface area (Å²) >= 11 is 0. The van der Waals surface area contributed by atoms with Gasteiger partial charge in [-0.05, 0) is 32.1 Å². The Hall–Kier alpha value is -1.75. The van der Waals surface area contributed by atoms with Crippen LogP contribution in [-0.4, -0.2) is 50.3 Å². The third-order valence-corrected chi connectivity index (χ3v) is 3.09. The number of carboxylic acid groups (broad SMARTS) is 1. The zero-order valence-corrected chi connectivity index (χ0v) is 11.8. The molecule has 5 heteroatoms.